The van der Waals surface area contributed by atoms with Gasteiger partial charge in [0.1, 0.15) is 5.82 Å². The van der Waals surface area contributed by atoms with Gasteiger partial charge in [0, 0.05) is 24.2 Å². The molecule has 0 heterocycles. The van der Waals surface area contributed by atoms with Gasteiger partial charge in [-0.2, -0.15) is 0 Å². The normalized spacial score (nSPS) is 16.3. The van der Waals surface area contributed by atoms with Gasteiger partial charge >= 0.3 is 0 Å². The molecule has 1 aromatic carbocycles. The summed E-state index contributed by atoms with van der Waals surface area (Å²) >= 11 is 0. The minimum atomic E-state index is -0.381. The summed E-state index contributed by atoms with van der Waals surface area (Å²) in [5.41, 5.74) is 7.31. The minimum Gasteiger partial charge on any atom is -0.393 e. The fraction of sp³-hybridized carbons (Fsp3) is 0.571. The van der Waals surface area contributed by atoms with Crippen molar-refractivity contribution in [3.05, 3.63) is 35.1 Å². The van der Waals surface area contributed by atoms with Gasteiger partial charge in [-0.3, -0.25) is 0 Å². The van der Waals surface area contributed by atoms with Crippen LogP contribution < -0.4 is 11.1 Å². The number of aliphatic hydroxyl groups excluding tert-OH is 1. The van der Waals surface area contributed by atoms with Gasteiger partial charge in [-0.1, -0.05) is 17.7 Å². The maximum atomic E-state index is 13.8. The standard InChI is InChI=1S/C14H23FN2O/c1-9-4-5-13(15)12(6-9)14(8-16)17-10(2)7-11(3)18/h4-6,10-11,14,17-18H,7-8,16H2,1-3H3. The molecule has 4 N–H and O–H groups in total. The Bertz CT molecular complexity index is 382. The summed E-state index contributed by atoms with van der Waals surface area (Å²) < 4.78 is 13.8. The second kappa shape index (κ2) is 6.83. The average Bonchev–Trinajstić information content (AvgIpc) is 2.28. The Morgan fingerprint density at radius 3 is 2.61 bits per heavy atom. The minimum absolute atomic E-state index is 0.0819. The third kappa shape index (κ3) is 4.37. The summed E-state index contributed by atoms with van der Waals surface area (Å²) in [4.78, 5) is 0. The summed E-state index contributed by atoms with van der Waals surface area (Å²) in [5.74, 6) is -0.243. The molecule has 0 bridgehead atoms. The van der Waals surface area contributed by atoms with E-state index in [9.17, 15) is 9.50 Å². The summed E-state index contributed by atoms with van der Waals surface area (Å²) in [7, 11) is 0. The van der Waals surface area contributed by atoms with Crippen LogP contribution in [-0.2, 0) is 0 Å². The van der Waals surface area contributed by atoms with Crippen LogP contribution in [0.2, 0.25) is 0 Å². The van der Waals surface area contributed by atoms with Gasteiger partial charge in [0.05, 0.1) is 6.10 Å². The van der Waals surface area contributed by atoms with Gasteiger partial charge in [0.2, 0.25) is 0 Å². The second-order valence-electron chi connectivity index (χ2n) is 4.97. The number of nitrogens with one attached hydrogen (secondary N) is 1. The quantitative estimate of drug-likeness (QED) is 0.726. The van der Waals surface area contributed by atoms with E-state index >= 15 is 0 Å². The number of halogens is 1. The highest BCUT2D eigenvalue weighted by Crippen LogP contribution is 2.19. The zero-order valence-corrected chi connectivity index (χ0v) is 11.3. The highest BCUT2D eigenvalue weighted by atomic mass is 19.1. The van der Waals surface area contributed by atoms with Crippen LogP contribution in [0.5, 0.6) is 0 Å². The highest BCUT2D eigenvalue weighted by Gasteiger charge is 2.17. The Kier molecular flexibility index (Phi) is 5.72. The zero-order valence-electron chi connectivity index (χ0n) is 11.3. The molecule has 3 nitrogen and oxygen atoms in total. The van der Waals surface area contributed by atoms with E-state index in [4.69, 9.17) is 5.73 Å². The van der Waals surface area contributed by atoms with Crippen molar-refractivity contribution in [3.8, 4) is 0 Å². The monoisotopic (exact) mass is 254 g/mol. The molecule has 0 saturated heterocycles. The topological polar surface area (TPSA) is 58.3 Å². The molecular weight excluding hydrogens is 231 g/mol. The van der Waals surface area contributed by atoms with E-state index in [1.807, 2.05) is 19.9 Å². The van der Waals surface area contributed by atoms with E-state index in [0.717, 1.165) is 5.56 Å². The molecule has 0 spiro atoms. The summed E-state index contributed by atoms with van der Waals surface area (Å²) in [5, 5.41) is 12.6. The lowest BCUT2D eigenvalue weighted by molar-refractivity contribution is 0.168. The molecule has 1 aromatic rings. The molecule has 3 atom stereocenters. The number of aliphatic hydroxyl groups is 1. The molecule has 0 aliphatic rings. The fourth-order valence-corrected chi connectivity index (χ4v) is 2.14. The molecule has 4 heteroatoms. The van der Waals surface area contributed by atoms with Crippen LogP contribution in [0.3, 0.4) is 0 Å². The fourth-order valence-electron chi connectivity index (χ4n) is 2.14. The van der Waals surface area contributed by atoms with Gasteiger partial charge in [0.15, 0.2) is 0 Å². The molecule has 0 aromatic heterocycles. The maximum Gasteiger partial charge on any atom is 0.128 e. The van der Waals surface area contributed by atoms with Gasteiger partial charge in [-0.15, -0.1) is 0 Å². The van der Waals surface area contributed by atoms with E-state index in [2.05, 4.69) is 5.32 Å². The Labute approximate surface area is 108 Å². The van der Waals surface area contributed by atoms with Crippen LogP contribution in [0.4, 0.5) is 4.39 Å². The molecule has 0 aliphatic carbocycles. The lowest BCUT2D eigenvalue weighted by atomic mass is 10.0. The van der Waals surface area contributed by atoms with Crippen molar-refractivity contribution < 1.29 is 9.50 Å². The molecule has 0 saturated carbocycles. The second-order valence-corrected chi connectivity index (χ2v) is 4.97. The van der Waals surface area contributed by atoms with E-state index < -0.39 is 0 Å². The molecule has 0 aliphatic heterocycles. The van der Waals surface area contributed by atoms with E-state index in [-0.39, 0.29) is 24.0 Å². The first kappa shape index (κ1) is 15.1. The van der Waals surface area contributed by atoms with E-state index in [0.29, 0.717) is 18.5 Å². The van der Waals surface area contributed by atoms with Crippen molar-refractivity contribution >= 4 is 0 Å². The molecule has 0 fully saturated rings. The van der Waals surface area contributed by atoms with Crippen LogP contribution in [-0.4, -0.2) is 23.8 Å². The van der Waals surface area contributed by atoms with Crippen molar-refractivity contribution in [1.82, 2.24) is 5.32 Å². The van der Waals surface area contributed by atoms with Crippen LogP contribution in [0.1, 0.15) is 37.4 Å². The Morgan fingerprint density at radius 2 is 2.06 bits per heavy atom. The average molecular weight is 254 g/mol. The largest absolute Gasteiger partial charge is 0.393 e. The molecular formula is C14H23FN2O. The number of nitrogens with two attached hydrogens (primary N) is 1. The SMILES string of the molecule is Cc1ccc(F)c(C(CN)NC(C)CC(C)O)c1. The summed E-state index contributed by atoms with van der Waals surface area (Å²) in [6.45, 7) is 5.95. The molecule has 18 heavy (non-hydrogen) atoms. The lowest BCUT2D eigenvalue weighted by Gasteiger charge is -2.24. The third-order valence-corrected chi connectivity index (χ3v) is 2.94. The first-order chi connectivity index (χ1) is 8.43. The number of aryl methyl sites for hydroxylation is 1. The Balaban J connectivity index is 2.79. The van der Waals surface area contributed by atoms with E-state index in [1.165, 1.54) is 6.07 Å². The van der Waals surface area contributed by atoms with Crippen LogP contribution in [0, 0.1) is 12.7 Å². The van der Waals surface area contributed by atoms with Gasteiger partial charge in [-0.25, -0.2) is 4.39 Å². The predicted octanol–water partition coefficient (Wildman–Crippen LogP) is 1.88. The van der Waals surface area contributed by atoms with Gasteiger partial charge < -0.3 is 16.2 Å². The maximum absolute atomic E-state index is 13.8. The van der Waals surface area contributed by atoms with Crippen molar-refractivity contribution in [2.24, 2.45) is 5.73 Å². The van der Waals surface area contributed by atoms with Crippen molar-refractivity contribution in [2.45, 2.75) is 45.4 Å². The number of benzene rings is 1. The first-order valence-electron chi connectivity index (χ1n) is 6.34. The van der Waals surface area contributed by atoms with Crippen LogP contribution in [0.15, 0.2) is 18.2 Å². The number of hydrogen-bond acceptors (Lipinski definition) is 3. The Hall–Kier alpha value is -0.970. The van der Waals surface area contributed by atoms with Crippen molar-refractivity contribution in [1.29, 1.82) is 0 Å². The number of hydrogen-bond donors (Lipinski definition) is 3. The molecule has 0 radical (unpaired) electrons. The zero-order chi connectivity index (χ0) is 13.7. The van der Waals surface area contributed by atoms with Crippen molar-refractivity contribution in [3.63, 3.8) is 0 Å². The highest BCUT2D eigenvalue weighted by molar-refractivity contribution is 5.27. The predicted molar refractivity (Wildman–Crippen MR) is 71.8 cm³/mol. The number of rotatable bonds is 6. The molecule has 3 unspecified atom stereocenters. The molecule has 0 amide bonds. The van der Waals surface area contributed by atoms with Crippen LogP contribution in [0.25, 0.3) is 0 Å². The Morgan fingerprint density at radius 1 is 1.39 bits per heavy atom. The van der Waals surface area contributed by atoms with Crippen molar-refractivity contribution in [2.75, 3.05) is 6.54 Å². The smallest absolute Gasteiger partial charge is 0.128 e. The van der Waals surface area contributed by atoms with Gasteiger partial charge in [0.25, 0.3) is 0 Å². The summed E-state index contributed by atoms with van der Waals surface area (Å²) in [6, 6.07) is 4.88. The van der Waals surface area contributed by atoms with E-state index in [1.54, 1.807) is 13.0 Å². The molecule has 102 valence electrons. The lowest BCUT2D eigenvalue weighted by Crippen LogP contribution is -2.37. The van der Waals surface area contributed by atoms with Crippen LogP contribution >= 0.6 is 0 Å². The molecule has 1 rings (SSSR count). The van der Waals surface area contributed by atoms with Gasteiger partial charge in [-0.05, 0) is 33.3 Å². The third-order valence-electron chi connectivity index (χ3n) is 2.94. The summed E-state index contributed by atoms with van der Waals surface area (Å²) in [6.07, 6.45) is 0.234. The first-order valence-corrected chi connectivity index (χ1v) is 6.34.